The van der Waals surface area contributed by atoms with Gasteiger partial charge in [0.1, 0.15) is 0 Å². The Kier molecular flexibility index (Phi) is 8.40. The van der Waals surface area contributed by atoms with Gasteiger partial charge in [0, 0.05) is 6.54 Å². The first-order valence-electron chi connectivity index (χ1n) is 8.10. The fourth-order valence-corrected chi connectivity index (χ4v) is 2.60. The van der Waals surface area contributed by atoms with E-state index in [1.807, 2.05) is 0 Å². The Labute approximate surface area is 120 Å². The average Bonchev–Trinajstić information content (AvgIpc) is 2.37. The lowest BCUT2D eigenvalue weighted by molar-refractivity contribution is 0.0120. The molecular weight excluding hydrogens is 234 g/mol. The van der Waals surface area contributed by atoms with E-state index in [-0.39, 0.29) is 0 Å². The first-order valence-corrected chi connectivity index (χ1v) is 8.10. The lowest BCUT2D eigenvalue weighted by Crippen LogP contribution is -2.33. The summed E-state index contributed by atoms with van der Waals surface area (Å²) in [5, 5.41) is 3.53. The molecule has 1 aliphatic carbocycles. The van der Waals surface area contributed by atoms with E-state index in [0.717, 1.165) is 31.5 Å². The third-order valence-electron chi connectivity index (χ3n) is 4.00. The van der Waals surface area contributed by atoms with Gasteiger partial charge >= 0.3 is 0 Å². The van der Waals surface area contributed by atoms with Crippen molar-refractivity contribution < 1.29 is 4.74 Å². The number of hydrogen-bond donors (Lipinski definition) is 1. The molecule has 0 saturated carbocycles. The summed E-state index contributed by atoms with van der Waals surface area (Å²) >= 11 is 0. The molecule has 1 N–H and O–H groups in total. The van der Waals surface area contributed by atoms with Crippen LogP contribution in [0.15, 0.2) is 12.2 Å². The van der Waals surface area contributed by atoms with Gasteiger partial charge in [-0.1, -0.05) is 46.3 Å². The van der Waals surface area contributed by atoms with Crippen LogP contribution in [-0.2, 0) is 4.74 Å². The lowest BCUT2D eigenvalue weighted by atomic mass is 9.85. The maximum absolute atomic E-state index is 6.18. The van der Waals surface area contributed by atoms with Crippen LogP contribution in [0.3, 0.4) is 0 Å². The third kappa shape index (κ3) is 7.12. The van der Waals surface area contributed by atoms with Gasteiger partial charge in [-0.25, -0.2) is 0 Å². The van der Waals surface area contributed by atoms with Gasteiger partial charge < -0.3 is 10.1 Å². The highest BCUT2D eigenvalue weighted by molar-refractivity contribution is 4.93. The Morgan fingerprint density at radius 2 is 1.95 bits per heavy atom. The molecule has 3 unspecified atom stereocenters. The fourth-order valence-electron chi connectivity index (χ4n) is 2.60. The van der Waals surface area contributed by atoms with Crippen LogP contribution in [0.5, 0.6) is 0 Å². The van der Waals surface area contributed by atoms with Gasteiger partial charge in [0.25, 0.3) is 0 Å². The summed E-state index contributed by atoms with van der Waals surface area (Å²) in [6, 6.07) is 0. The minimum Gasteiger partial charge on any atom is -0.377 e. The van der Waals surface area contributed by atoms with Gasteiger partial charge in [0.15, 0.2) is 0 Å². The molecule has 0 aromatic heterocycles. The second-order valence-corrected chi connectivity index (χ2v) is 6.48. The van der Waals surface area contributed by atoms with Gasteiger partial charge in [-0.15, -0.1) is 0 Å². The smallest absolute Gasteiger partial charge is 0.0699 e. The molecule has 1 aliphatic rings. The zero-order valence-electron chi connectivity index (χ0n) is 13.3. The number of rotatable bonds is 9. The van der Waals surface area contributed by atoms with Crippen LogP contribution in [0.1, 0.15) is 53.4 Å². The number of hydrogen-bond acceptors (Lipinski definition) is 2. The molecule has 0 aliphatic heterocycles. The average molecular weight is 267 g/mol. The Hall–Kier alpha value is -0.340. The molecule has 2 nitrogen and oxygen atoms in total. The number of nitrogens with one attached hydrogen (secondary N) is 1. The van der Waals surface area contributed by atoms with Gasteiger partial charge in [-0.3, -0.25) is 0 Å². The van der Waals surface area contributed by atoms with Crippen LogP contribution in [0.2, 0.25) is 0 Å². The van der Waals surface area contributed by atoms with Crippen LogP contribution < -0.4 is 5.32 Å². The summed E-state index contributed by atoms with van der Waals surface area (Å²) in [6.45, 7) is 12.1. The van der Waals surface area contributed by atoms with Crippen molar-refractivity contribution in [2.24, 2.45) is 17.8 Å². The van der Waals surface area contributed by atoms with E-state index in [1.165, 1.54) is 25.7 Å². The van der Waals surface area contributed by atoms with Gasteiger partial charge in [0.05, 0.1) is 12.7 Å². The van der Waals surface area contributed by atoms with Crippen molar-refractivity contribution in [1.82, 2.24) is 5.32 Å². The van der Waals surface area contributed by atoms with Crippen molar-refractivity contribution in [3.05, 3.63) is 12.2 Å². The SMILES string of the molecule is CCCC(CNCC(C)C)OCC1CC=CCC1C. The Balaban J connectivity index is 2.26. The van der Waals surface area contributed by atoms with Crippen LogP contribution in [0, 0.1) is 17.8 Å². The Morgan fingerprint density at radius 1 is 1.21 bits per heavy atom. The molecule has 2 heteroatoms. The first kappa shape index (κ1) is 16.7. The molecule has 0 amide bonds. The summed E-state index contributed by atoms with van der Waals surface area (Å²) in [5.74, 6) is 2.20. The molecule has 1 rings (SSSR count). The summed E-state index contributed by atoms with van der Waals surface area (Å²) in [7, 11) is 0. The minimum atomic E-state index is 0.391. The van der Waals surface area contributed by atoms with E-state index in [0.29, 0.717) is 12.0 Å². The van der Waals surface area contributed by atoms with Crippen molar-refractivity contribution in [3.8, 4) is 0 Å². The molecule has 0 heterocycles. The molecule has 0 radical (unpaired) electrons. The topological polar surface area (TPSA) is 21.3 Å². The highest BCUT2D eigenvalue weighted by atomic mass is 16.5. The highest BCUT2D eigenvalue weighted by Crippen LogP contribution is 2.25. The fraction of sp³-hybridized carbons (Fsp3) is 0.882. The standard InChI is InChI=1S/C17H33NO/c1-5-8-17(12-18-11-14(2)3)19-13-16-10-7-6-9-15(16)4/h6-7,14-18H,5,8-13H2,1-4H3. The maximum atomic E-state index is 6.18. The largest absolute Gasteiger partial charge is 0.377 e. The zero-order chi connectivity index (χ0) is 14.1. The first-order chi connectivity index (χ1) is 9.13. The predicted octanol–water partition coefficient (Wildman–Crippen LogP) is 4.02. The summed E-state index contributed by atoms with van der Waals surface area (Å²) in [6.07, 6.45) is 9.81. The number of allylic oxidation sites excluding steroid dienone is 2. The monoisotopic (exact) mass is 267 g/mol. The van der Waals surface area contributed by atoms with E-state index < -0.39 is 0 Å². The molecule has 0 aromatic rings. The zero-order valence-corrected chi connectivity index (χ0v) is 13.3. The molecule has 112 valence electrons. The molecule has 19 heavy (non-hydrogen) atoms. The molecule has 0 saturated heterocycles. The molecule has 0 fully saturated rings. The predicted molar refractivity (Wildman–Crippen MR) is 83.4 cm³/mol. The molecule has 0 aromatic carbocycles. The van der Waals surface area contributed by atoms with Gasteiger partial charge in [0.2, 0.25) is 0 Å². The molecule has 0 spiro atoms. The van der Waals surface area contributed by atoms with Gasteiger partial charge in [-0.05, 0) is 43.6 Å². The van der Waals surface area contributed by atoms with E-state index in [1.54, 1.807) is 0 Å². The Bertz CT molecular complexity index is 250. The normalized spacial score (nSPS) is 24.9. The van der Waals surface area contributed by atoms with E-state index >= 15 is 0 Å². The second kappa shape index (κ2) is 9.55. The van der Waals surface area contributed by atoms with Crippen LogP contribution in [-0.4, -0.2) is 25.8 Å². The second-order valence-electron chi connectivity index (χ2n) is 6.48. The summed E-state index contributed by atoms with van der Waals surface area (Å²) in [5.41, 5.74) is 0. The quantitative estimate of drug-likeness (QED) is 0.637. The lowest BCUT2D eigenvalue weighted by Gasteiger charge is -2.27. The minimum absolute atomic E-state index is 0.391. The number of ether oxygens (including phenoxy) is 1. The van der Waals surface area contributed by atoms with Gasteiger partial charge in [-0.2, -0.15) is 0 Å². The van der Waals surface area contributed by atoms with Crippen LogP contribution in [0.4, 0.5) is 0 Å². The summed E-state index contributed by atoms with van der Waals surface area (Å²) < 4.78 is 6.18. The third-order valence-corrected chi connectivity index (χ3v) is 4.00. The van der Waals surface area contributed by atoms with Crippen molar-refractivity contribution >= 4 is 0 Å². The van der Waals surface area contributed by atoms with Crippen molar-refractivity contribution in [1.29, 1.82) is 0 Å². The van der Waals surface area contributed by atoms with Crippen LogP contribution >= 0.6 is 0 Å². The Morgan fingerprint density at radius 3 is 2.58 bits per heavy atom. The van der Waals surface area contributed by atoms with Crippen molar-refractivity contribution in [2.45, 2.75) is 59.5 Å². The molecule has 3 atom stereocenters. The highest BCUT2D eigenvalue weighted by Gasteiger charge is 2.20. The summed E-state index contributed by atoms with van der Waals surface area (Å²) in [4.78, 5) is 0. The molecular formula is C17H33NO. The van der Waals surface area contributed by atoms with E-state index in [4.69, 9.17) is 4.74 Å². The van der Waals surface area contributed by atoms with Crippen LogP contribution in [0.25, 0.3) is 0 Å². The van der Waals surface area contributed by atoms with Crippen molar-refractivity contribution in [2.75, 3.05) is 19.7 Å². The van der Waals surface area contributed by atoms with Crippen molar-refractivity contribution in [3.63, 3.8) is 0 Å². The maximum Gasteiger partial charge on any atom is 0.0699 e. The van der Waals surface area contributed by atoms with E-state index in [2.05, 4.69) is 45.2 Å². The van der Waals surface area contributed by atoms with E-state index in [9.17, 15) is 0 Å². The molecule has 0 bridgehead atoms.